The van der Waals surface area contributed by atoms with Crippen molar-refractivity contribution in [1.29, 1.82) is 0 Å². The number of hydrogen-bond acceptors (Lipinski definition) is 3. The lowest BCUT2D eigenvalue weighted by atomic mass is 9.96. The van der Waals surface area contributed by atoms with Gasteiger partial charge in [-0.05, 0) is 29.3 Å². The van der Waals surface area contributed by atoms with Gasteiger partial charge < -0.3 is 4.74 Å². The first-order valence-electron chi connectivity index (χ1n) is 7.74. The van der Waals surface area contributed by atoms with Crippen LogP contribution < -0.4 is 4.74 Å². The topological polar surface area (TPSA) is 29.5 Å². The molecule has 1 aliphatic heterocycles. The van der Waals surface area contributed by atoms with Gasteiger partial charge in [0.1, 0.15) is 5.75 Å². The maximum atomic E-state index is 12.6. The number of nitrogens with zero attached hydrogens (tertiary/aromatic N) is 1. The summed E-state index contributed by atoms with van der Waals surface area (Å²) < 4.78 is 5.32. The monoisotopic (exact) mass is 293 g/mol. The maximum Gasteiger partial charge on any atom is 0.168 e. The van der Waals surface area contributed by atoms with Gasteiger partial charge in [0.15, 0.2) is 5.78 Å². The van der Waals surface area contributed by atoms with Gasteiger partial charge in [-0.1, -0.05) is 30.3 Å². The number of fused-ring (bicyclic) bond motifs is 3. The van der Waals surface area contributed by atoms with Crippen LogP contribution in [0.2, 0.25) is 0 Å². The molecule has 4 rings (SSSR count). The Kier molecular flexibility index (Phi) is 3.23. The predicted molar refractivity (Wildman–Crippen MR) is 85.3 cm³/mol. The van der Waals surface area contributed by atoms with E-state index in [-0.39, 0.29) is 5.92 Å². The fourth-order valence-corrected chi connectivity index (χ4v) is 3.84. The third-order valence-corrected chi connectivity index (χ3v) is 4.90. The minimum absolute atomic E-state index is 0.116. The highest BCUT2D eigenvalue weighted by Crippen LogP contribution is 2.44. The molecule has 1 saturated heterocycles. The average molecular weight is 293 g/mol. The number of hydrogen-bond donors (Lipinski definition) is 0. The highest BCUT2D eigenvalue weighted by atomic mass is 16.5. The van der Waals surface area contributed by atoms with Crippen molar-refractivity contribution in [1.82, 2.24) is 4.90 Å². The van der Waals surface area contributed by atoms with Crippen molar-refractivity contribution in [2.45, 2.75) is 12.5 Å². The number of rotatable bonds is 3. The van der Waals surface area contributed by atoms with Gasteiger partial charge in [0, 0.05) is 37.0 Å². The zero-order valence-corrected chi connectivity index (χ0v) is 12.7. The molecule has 0 bridgehead atoms. The Morgan fingerprint density at radius 3 is 2.64 bits per heavy atom. The molecule has 3 heteroatoms. The second kappa shape index (κ2) is 5.25. The van der Waals surface area contributed by atoms with Crippen molar-refractivity contribution in [2.75, 3.05) is 20.2 Å². The van der Waals surface area contributed by atoms with Crippen LogP contribution in [0, 0.1) is 5.92 Å². The van der Waals surface area contributed by atoms with E-state index in [1.807, 2.05) is 24.3 Å². The first-order chi connectivity index (χ1) is 10.8. The molecule has 22 heavy (non-hydrogen) atoms. The molecule has 112 valence electrons. The Bertz CT molecular complexity index is 711. The van der Waals surface area contributed by atoms with E-state index in [0.29, 0.717) is 11.7 Å². The summed E-state index contributed by atoms with van der Waals surface area (Å²) >= 11 is 0. The Balaban J connectivity index is 1.58. The van der Waals surface area contributed by atoms with Crippen molar-refractivity contribution in [3.8, 4) is 5.75 Å². The normalized spacial score (nSPS) is 23.4. The Hall–Kier alpha value is -2.13. The van der Waals surface area contributed by atoms with Gasteiger partial charge in [0.05, 0.1) is 7.11 Å². The Morgan fingerprint density at radius 1 is 1.09 bits per heavy atom. The molecule has 1 fully saturated rings. The Labute approximate surface area is 130 Å². The molecule has 2 unspecified atom stereocenters. The second-order valence-electron chi connectivity index (χ2n) is 6.21. The summed E-state index contributed by atoms with van der Waals surface area (Å²) in [5.74, 6) is 1.58. The summed E-state index contributed by atoms with van der Waals surface area (Å²) in [7, 11) is 1.67. The molecule has 0 aromatic heterocycles. The number of ether oxygens (including phenoxy) is 1. The van der Waals surface area contributed by atoms with Crippen molar-refractivity contribution in [2.24, 2.45) is 5.92 Å². The standard InChI is InChI=1S/C19H19NO2/c1-22-14-7-8-15-16(9-14)17-11-20(12-18(17)19(15)21)10-13-5-3-2-4-6-13/h2-9,17-18H,10-12H2,1H3. The molecule has 1 heterocycles. The zero-order chi connectivity index (χ0) is 15.1. The van der Waals surface area contributed by atoms with Gasteiger partial charge in [-0.2, -0.15) is 0 Å². The van der Waals surface area contributed by atoms with Crippen LogP contribution in [0.4, 0.5) is 0 Å². The van der Waals surface area contributed by atoms with Gasteiger partial charge >= 0.3 is 0 Å². The molecule has 0 N–H and O–H groups in total. The summed E-state index contributed by atoms with van der Waals surface area (Å²) in [5, 5.41) is 0. The van der Waals surface area contributed by atoms with Crippen LogP contribution in [-0.2, 0) is 6.54 Å². The number of carbonyl (C=O) groups is 1. The predicted octanol–water partition coefficient (Wildman–Crippen LogP) is 3.11. The number of methoxy groups -OCH3 is 1. The highest BCUT2D eigenvalue weighted by Gasteiger charge is 2.45. The SMILES string of the molecule is COc1ccc2c(c1)C1CN(Cc3ccccc3)CC1C2=O. The average Bonchev–Trinajstić information content (AvgIpc) is 3.07. The molecule has 0 saturated carbocycles. The van der Waals surface area contributed by atoms with E-state index < -0.39 is 0 Å². The van der Waals surface area contributed by atoms with Crippen LogP contribution in [0.15, 0.2) is 48.5 Å². The molecule has 3 nitrogen and oxygen atoms in total. The number of Topliss-reactive ketones (excluding diaryl/α,β-unsaturated/α-hetero) is 1. The molecule has 2 aliphatic rings. The van der Waals surface area contributed by atoms with Crippen LogP contribution >= 0.6 is 0 Å². The van der Waals surface area contributed by atoms with Gasteiger partial charge in [-0.25, -0.2) is 0 Å². The van der Waals surface area contributed by atoms with Gasteiger partial charge in [0.25, 0.3) is 0 Å². The van der Waals surface area contributed by atoms with Crippen LogP contribution in [-0.4, -0.2) is 30.9 Å². The van der Waals surface area contributed by atoms with Gasteiger partial charge in [0.2, 0.25) is 0 Å². The van der Waals surface area contributed by atoms with Crippen molar-refractivity contribution in [3.63, 3.8) is 0 Å². The largest absolute Gasteiger partial charge is 0.497 e. The highest BCUT2D eigenvalue weighted by molar-refractivity contribution is 6.03. The molecule has 0 radical (unpaired) electrons. The number of carbonyl (C=O) groups excluding carboxylic acids is 1. The van der Waals surface area contributed by atoms with Crippen LogP contribution in [0.5, 0.6) is 5.75 Å². The molecule has 1 aliphatic carbocycles. The lowest BCUT2D eigenvalue weighted by molar-refractivity contribution is 0.0931. The maximum absolute atomic E-state index is 12.6. The van der Waals surface area contributed by atoms with Gasteiger partial charge in [-0.15, -0.1) is 0 Å². The molecule has 2 atom stereocenters. The van der Waals surface area contributed by atoms with Crippen LogP contribution in [0.3, 0.4) is 0 Å². The van der Waals surface area contributed by atoms with Crippen molar-refractivity contribution >= 4 is 5.78 Å². The van der Waals surface area contributed by atoms with E-state index in [0.717, 1.165) is 30.9 Å². The number of benzene rings is 2. The minimum Gasteiger partial charge on any atom is -0.497 e. The third kappa shape index (κ3) is 2.13. The summed E-state index contributed by atoms with van der Waals surface area (Å²) in [4.78, 5) is 15.0. The first-order valence-corrected chi connectivity index (χ1v) is 7.74. The molecule has 2 aromatic rings. The van der Waals surface area contributed by atoms with E-state index in [2.05, 4.69) is 29.2 Å². The third-order valence-electron chi connectivity index (χ3n) is 4.90. The van der Waals surface area contributed by atoms with E-state index in [1.165, 1.54) is 11.1 Å². The molecular formula is C19H19NO2. The minimum atomic E-state index is 0.116. The van der Waals surface area contributed by atoms with E-state index in [1.54, 1.807) is 7.11 Å². The quantitative estimate of drug-likeness (QED) is 0.871. The molecule has 0 spiro atoms. The van der Waals surface area contributed by atoms with E-state index >= 15 is 0 Å². The van der Waals surface area contributed by atoms with E-state index in [9.17, 15) is 4.79 Å². The van der Waals surface area contributed by atoms with Crippen LogP contribution in [0.25, 0.3) is 0 Å². The van der Waals surface area contributed by atoms with Crippen molar-refractivity contribution in [3.05, 3.63) is 65.2 Å². The molecular weight excluding hydrogens is 274 g/mol. The van der Waals surface area contributed by atoms with Crippen molar-refractivity contribution < 1.29 is 9.53 Å². The number of ketones is 1. The smallest absolute Gasteiger partial charge is 0.168 e. The summed E-state index contributed by atoms with van der Waals surface area (Å²) in [6.45, 7) is 2.72. The lowest BCUT2D eigenvalue weighted by Crippen LogP contribution is -2.23. The zero-order valence-electron chi connectivity index (χ0n) is 12.7. The lowest BCUT2D eigenvalue weighted by Gasteiger charge is -2.17. The van der Waals surface area contributed by atoms with Gasteiger partial charge in [-0.3, -0.25) is 9.69 Å². The fourth-order valence-electron chi connectivity index (χ4n) is 3.84. The Morgan fingerprint density at radius 2 is 1.86 bits per heavy atom. The summed E-state index contributed by atoms with van der Waals surface area (Å²) in [6.07, 6.45) is 0. The van der Waals surface area contributed by atoms with E-state index in [4.69, 9.17) is 4.74 Å². The first kappa shape index (κ1) is 13.5. The fraction of sp³-hybridized carbons (Fsp3) is 0.316. The summed E-state index contributed by atoms with van der Waals surface area (Å²) in [6, 6.07) is 16.3. The summed E-state index contributed by atoms with van der Waals surface area (Å²) in [5.41, 5.74) is 3.38. The second-order valence-corrected chi connectivity index (χ2v) is 6.21. The molecule has 2 aromatic carbocycles. The molecule has 0 amide bonds. The number of likely N-dealkylation sites (tertiary alicyclic amines) is 1. The van der Waals surface area contributed by atoms with Crippen LogP contribution in [0.1, 0.15) is 27.4 Å².